The van der Waals surface area contributed by atoms with E-state index in [0.29, 0.717) is 12.0 Å². The zero-order valence-corrected chi connectivity index (χ0v) is 10.5. The minimum atomic E-state index is -0.276. The Hall–Kier alpha value is -1.42. The summed E-state index contributed by atoms with van der Waals surface area (Å²) >= 11 is 0. The van der Waals surface area contributed by atoms with E-state index in [-0.39, 0.29) is 23.8 Å². The SMILES string of the molecule is CNC(=O)C(C)NC(C)Cc1ccccc1F. The molecule has 0 heterocycles. The molecule has 0 saturated heterocycles. The minimum absolute atomic E-state index is 0.0409. The van der Waals surface area contributed by atoms with Gasteiger partial charge in [-0.05, 0) is 31.9 Å². The van der Waals surface area contributed by atoms with Crippen molar-refractivity contribution in [1.29, 1.82) is 0 Å². The van der Waals surface area contributed by atoms with E-state index in [1.54, 1.807) is 26.1 Å². The first kappa shape index (κ1) is 13.6. The third kappa shape index (κ3) is 4.15. The van der Waals surface area contributed by atoms with Gasteiger partial charge in [-0.1, -0.05) is 18.2 Å². The van der Waals surface area contributed by atoms with E-state index in [9.17, 15) is 9.18 Å². The molecule has 0 saturated carbocycles. The zero-order valence-electron chi connectivity index (χ0n) is 10.5. The Bertz CT molecular complexity index is 381. The number of likely N-dealkylation sites (N-methyl/N-ethyl adjacent to an activating group) is 1. The molecule has 0 fully saturated rings. The largest absolute Gasteiger partial charge is 0.358 e. The zero-order chi connectivity index (χ0) is 12.8. The standard InChI is InChI=1S/C13H19FN2O/c1-9(16-10(2)13(17)15-3)8-11-6-4-5-7-12(11)14/h4-7,9-10,16H,8H2,1-3H3,(H,15,17). The van der Waals surface area contributed by atoms with Crippen molar-refractivity contribution >= 4 is 5.91 Å². The summed E-state index contributed by atoms with van der Waals surface area (Å²) in [5.74, 6) is -0.265. The topological polar surface area (TPSA) is 41.1 Å². The second kappa shape index (κ2) is 6.35. The van der Waals surface area contributed by atoms with Gasteiger partial charge in [-0.15, -0.1) is 0 Å². The Morgan fingerprint density at radius 1 is 1.35 bits per heavy atom. The molecule has 0 radical (unpaired) electrons. The molecule has 1 amide bonds. The molecule has 0 aliphatic rings. The summed E-state index contributed by atoms with van der Waals surface area (Å²) in [5.41, 5.74) is 0.664. The molecule has 0 bridgehead atoms. The van der Waals surface area contributed by atoms with Crippen LogP contribution in [0.2, 0.25) is 0 Å². The third-order valence-corrected chi connectivity index (χ3v) is 2.66. The lowest BCUT2D eigenvalue weighted by Crippen LogP contribution is -2.45. The van der Waals surface area contributed by atoms with Crippen molar-refractivity contribution in [3.63, 3.8) is 0 Å². The highest BCUT2D eigenvalue weighted by Gasteiger charge is 2.14. The van der Waals surface area contributed by atoms with Crippen LogP contribution in [-0.2, 0) is 11.2 Å². The number of halogens is 1. The summed E-state index contributed by atoms with van der Waals surface area (Å²) < 4.78 is 13.4. The fourth-order valence-electron chi connectivity index (χ4n) is 1.77. The number of nitrogens with one attached hydrogen (secondary N) is 2. The fourth-order valence-corrected chi connectivity index (χ4v) is 1.77. The Labute approximate surface area is 101 Å². The normalized spacial score (nSPS) is 14.1. The Morgan fingerprint density at radius 2 is 2.00 bits per heavy atom. The summed E-state index contributed by atoms with van der Waals surface area (Å²) in [6.07, 6.45) is 0.563. The number of benzene rings is 1. The lowest BCUT2D eigenvalue weighted by atomic mass is 10.1. The van der Waals surface area contributed by atoms with Gasteiger partial charge in [-0.25, -0.2) is 4.39 Å². The van der Waals surface area contributed by atoms with Gasteiger partial charge < -0.3 is 10.6 Å². The Kier molecular flexibility index (Phi) is 5.10. The average molecular weight is 238 g/mol. The van der Waals surface area contributed by atoms with Gasteiger partial charge in [0.25, 0.3) is 0 Å². The third-order valence-electron chi connectivity index (χ3n) is 2.66. The van der Waals surface area contributed by atoms with E-state index in [1.165, 1.54) is 6.07 Å². The minimum Gasteiger partial charge on any atom is -0.358 e. The highest BCUT2D eigenvalue weighted by molar-refractivity contribution is 5.80. The molecule has 0 spiro atoms. The fraction of sp³-hybridized carbons (Fsp3) is 0.462. The molecule has 1 aromatic rings. The van der Waals surface area contributed by atoms with Crippen LogP contribution in [0, 0.1) is 5.82 Å². The van der Waals surface area contributed by atoms with Crippen LogP contribution in [0.5, 0.6) is 0 Å². The second-order valence-corrected chi connectivity index (χ2v) is 4.20. The second-order valence-electron chi connectivity index (χ2n) is 4.20. The summed E-state index contributed by atoms with van der Waals surface area (Å²) in [5, 5.41) is 5.70. The smallest absolute Gasteiger partial charge is 0.236 e. The summed E-state index contributed by atoms with van der Waals surface area (Å²) in [6, 6.07) is 6.46. The van der Waals surface area contributed by atoms with Gasteiger partial charge in [-0.3, -0.25) is 4.79 Å². The molecule has 0 aliphatic carbocycles. The molecule has 1 rings (SSSR count). The van der Waals surface area contributed by atoms with Crippen molar-refractivity contribution < 1.29 is 9.18 Å². The molecule has 0 aromatic heterocycles. The molecular formula is C13H19FN2O. The molecule has 0 aliphatic heterocycles. The van der Waals surface area contributed by atoms with Crippen LogP contribution < -0.4 is 10.6 Å². The summed E-state index contributed by atoms with van der Waals surface area (Å²) in [7, 11) is 1.60. The van der Waals surface area contributed by atoms with Crippen molar-refractivity contribution in [3.8, 4) is 0 Å². The van der Waals surface area contributed by atoms with E-state index in [1.807, 2.05) is 13.0 Å². The molecule has 2 N–H and O–H groups in total. The summed E-state index contributed by atoms with van der Waals surface area (Å²) in [6.45, 7) is 3.72. The monoisotopic (exact) mass is 238 g/mol. The number of rotatable bonds is 5. The van der Waals surface area contributed by atoms with Gasteiger partial charge in [0, 0.05) is 13.1 Å². The predicted octanol–water partition coefficient (Wildman–Crippen LogP) is 1.48. The Balaban J connectivity index is 2.53. The van der Waals surface area contributed by atoms with E-state index >= 15 is 0 Å². The molecule has 3 nitrogen and oxygen atoms in total. The van der Waals surface area contributed by atoms with Crippen molar-refractivity contribution in [3.05, 3.63) is 35.6 Å². The van der Waals surface area contributed by atoms with Crippen LogP contribution in [0.1, 0.15) is 19.4 Å². The molecule has 17 heavy (non-hydrogen) atoms. The Morgan fingerprint density at radius 3 is 2.59 bits per heavy atom. The van der Waals surface area contributed by atoms with Crippen LogP contribution in [0.4, 0.5) is 4.39 Å². The van der Waals surface area contributed by atoms with Crippen LogP contribution in [0.15, 0.2) is 24.3 Å². The van der Waals surface area contributed by atoms with Crippen LogP contribution in [0.3, 0.4) is 0 Å². The quantitative estimate of drug-likeness (QED) is 0.816. The maximum absolute atomic E-state index is 13.4. The molecule has 2 unspecified atom stereocenters. The van der Waals surface area contributed by atoms with Crippen molar-refractivity contribution in [2.24, 2.45) is 0 Å². The molecule has 4 heteroatoms. The number of hydrogen-bond acceptors (Lipinski definition) is 2. The molecular weight excluding hydrogens is 219 g/mol. The lowest BCUT2D eigenvalue weighted by Gasteiger charge is -2.19. The lowest BCUT2D eigenvalue weighted by molar-refractivity contribution is -0.122. The van der Waals surface area contributed by atoms with Gasteiger partial charge in [0.15, 0.2) is 0 Å². The predicted molar refractivity (Wildman–Crippen MR) is 66.2 cm³/mol. The highest BCUT2D eigenvalue weighted by Crippen LogP contribution is 2.09. The van der Waals surface area contributed by atoms with Crippen molar-refractivity contribution in [1.82, 2.24) is 10.6 Å². The van der Waals surface area contributed by atoms with Crippen molar-refractivity contribution in [2.75, 3.05) is 7.05 Å². The number of amides is 1. The summed E-state index contributed by atoms with van der Waals surface area (Å²) in [4.78, 5) is 11.3. The van der Waals surface area contributed by atoms with E-state index in [4.69, 9.17) is 0 Å². The number of carbonyl (C=O) groups is 1. The first-order valence-corrected chi connectivity index (χ1v) is 5.75. The van der Waals surface area contributed by atoms with Gasteiger partial charge >= 0.3 is 0 Å². The van der Waals surface area contributed by atoms with Gasteiger partial charge in [-0.2, -0.15) is 0 Å². The molecule has 2 atom stereocenters. The van der Waals surface area contributed by atoms with E-state index in [2.05, 4.69) is 10.6 Å². The van der Waals surface area contributed by atoms with Crippen molar-refractivity contribution in [2.45, 2.75) is 32.4 Å². The average Bonchev–Trinajstić information content (AvgIpc) is 2.31. The molecule has 94 valence electrons. The number of carbonyl (C=O) groups excluding carboxylic acids is 1. The first-order valence-electron chi connectivity index (χ1n) is 5.75. The van der Waals surface area contributed by atoms with Crippen LogP contribution in [-0.4, -0.2) is 25.0 Å². The molecule has 1 aromatic carbocycles. The van der Waals surface area contributed by atoms with Gasteiger partial charge in [0.1, 0.15) is 5.82 Å². The first-order chi connectivity index (χ1) is 8.04. The van der Waals surface area contributed by atoms with Crippen LogP contribution in [0.25, 0.3) is 0 Å². The van der Waals surface area contributed by atoms with Gasteiger partial charge in [0.05, 0.1) is 6.04 Å². The maximum Gasteiger partial charge on any atom is 0.236 e. The van der Waals surface area contributed by atoms with E-state index < -0.39 is 0 Å². The van der Waals surface area contributed by atoms with Crippen LogP contribution >= 0.6 is 0 Å². The maximum atomic E-state index is 13.4. The number of hydrogen-bond donors (Lipinski definition) is 2. The van der Waals surface area contributed by atoms with E-state index in [0.717, 1.165) is 0 Å². The van der Waals surface area contributed by atoms with Gasteiger partial charge in [0.2, 0.25) is 5.91 Å². The highest BCUT2D eigenvalue weighted by atomic mass is 19.1.